The van der Waals surface area contributed by atoms with Crippen LogP contribution in [0.4, 0.5) is 0 Å². The smallest absolute Gasteiger partial charge is 0.343 e. The molecule has 0 spiro atoms. The van der Waals surface area contributed by atoms with Crippen LogP contribution in [0.5, 0.6) is 23.0 Å². The topological polar surface area (TPSA) is 101 Å². The molecule has 8 heteroatoms. The lowest BCUT2D eigenvalue weighted by molar-refractivity contribution is 0.0721. The van der Waals surface area contributed by atoms with Crippen LogP contribution in [0.2, 0.25) is 0 Å². The van der Waals surface area contributed by atoms with Crippen molar-refractivity contribution in [3.8, 4) is 34.3 Å². The molecule has 0 saturated heterocycles. The molecular weight excluding hydrogens is 644 g/mol. The summed E-state index contributed by atoms with van der Waals surface area (Å²) in [7, 11) is 0. The Bertz CT molecular complexity index is 2340. The summed E-state index contributed by atoms with van der Waals surface area (Å²) in [5.74, 6) is -1.09. The van der Waals surface area contributed by atoms with Crippen molar-refractivity contribution in [1.82, 2.24) is 0 Å². The summed E-state index contributed by atoms with van der Waals surface area (Å²) < 4.78 is 30.1. The van der Waals surface area contributed by atoms with Gasteiger partial charge in [0, 0.05) is 17.7 Å². The van der Waals surface area contributed by atoms with Crippen LogP contribution in [-0.4, -0.2) is 11.9 Å². The third-order valence-electron chi connectivity index (χ3n) is 7.92. The Labute approximate surface area is 293 Å². The van der Waals surface area contributed by atoms with Crippen molar-refractivity contribution >= 4 is 22.9 Å². The quantitative estimate of drug-likeness (QED) is 0.0990. The number of rotatable bonds is 11. The Balaban J connectivity index is 1.33. The van der Waals surface area contributed by atoms with E-state index in [9.17, 15) is 14.4 Å². The summed E-state index contributed by atoms with van der Waals surface area (Å²) in [5, 5.41) is -0.103. The Hall–Kier alpha value is -6.93. The molecule has 0 aliphatic rings. The standard InChI is InChI=1S/C43H30O8/c44-39-38-36(25-35(48-28-30-15-7-2-8-16-30)26-37(38)50-42(45)32-17-9-3-10-18-32)49-40(41(39)51-43(46)33-19-11-4-12-20-33)31-21-23-34(24-22-31)47-27-29-13-5-1-6-14-29/h1-26H,27-28H2. The first-order valence-electron chi connectivity index (χ1n) is 16.1. The van der Waals surface area contributed by atoms with Crippen molar-refractivity contribution in [2.24, 2.45) is 0 Å². The van der Waals surface area contributed by atoms with Crippen molar-refractivity contribution in [1.29, 1.82) is 0 Å². The molecule has 0 saturated carbocycles. The van der Waals surface area contributed by atoms with Crippen LogP contribution in [0, 0.1) is 0 Å². The molecule has 0 unspecified atom stereocenters. The molecule has 0 atom stereocenters. The monoisotopic (exact) mass is 674 g/mol. The minimum atomic E-state index is -0.767. The van der Waals surface area contributed by atoms with Gasteiger partial charge in [0.25, 0.3) is 0 Å². The predicted octanol–water partition coefficient (Wildman–Crippen LogP) is 9.06. The van der Waals surface area contributed by atoms with Gasteiger partial charge in [-0.05, 0) is 59.7 Å². The minimum absolute atomic E-state index is 0.00747. The lowest BCUT2D eigenvalue weighted by Crippen LogP contribution is -2.17. The number of esters is 2. The molecule has 0 aliphatic carbocycles. The van der Waals surface area contributed by atoms with Gasteiger partial charge >= 0.3 is 11.9 Å². The average molecular weight is 675 g/mol. The average Bonchev–Trinajstić information content (AvgIpc) is 3.18. The molecule has 0 aliphatic heterocycles. The molecule has 6 aromatic carbocycles. The molecule has 0 bridgehead atoms. The zero-order valence-corrected chi connectivity index (χ0v) is 27.2. The van der Waals surface area contributed by atoms with Gasteiger partial charge in [-0.15, -0.1) is 0 Å². The molecule has 7 rings (SSSR count). The molecule has 51 heavy (non-hydrogen) atoms. The highest BCUT2D eigenvalue weighted by Gasteiger charge is 2.25. The van der Waals surface area contributed by atoms with Crippen molar-refractivity contribution in [3.05, 3.63) is 190 Å². The zero-order chi connectivity index (χ0) is 35.0. The van der Waals surface area contributed by atoms with Gasteiger partial charge in [0.15, 0.2) is 5.76 Å². The van der Waals surface area contributed by atoms with E-state index >= 15 is 0 Å². The first-order chi connectivity index (χ1) is 25.0. The van der Waals surface area contributed by atoms with Gasteiger partial charge in [-0.2, -0.15) is 0 Å². The lowest BCUT2D eigenvalue weighted by Gasteiger charge is -2.15. The summed E-state index contributed by atoms with van der Waals surface area (Å²) in [5.41, 5.74) is 2.19. The van der Waals surface area contributed by atoms with E-state index in [4.69, 9.17) is 23.4 Å². The van der Waals surface area contributed by atoms with Crippen molar-refractivity contribution < 1.29 is 33.0 Å². The van der Waals surface area contributed by atoms with E-state index in [-0.39, 0.29) is 51.7 Å². The maximum atomic E-state index is 14.5. The molecular formula is C43H30O8. The number of benzene rings is 6. The summed E-state index contributed by atoms with van der Waals surface area (Å²) >= 11 is 0. The predicted molar refractivity (Wildman–Crippen MR) is 192 cm³/mol. The molecule has 1 aromatic heterocycles. The van der Waals surface area contributed by atoms with Gasteiger partial charge in [-0.3, -0.25) is 4.79 Å². The van der Waals surface area contributed by atoms with Gasteiger partial charge in [0.1, 0.15) is 41.4 Å². The van der Waals surface area contributed by atoms with E-state index in [1.165, 1.54) is 6.07 Å². The highest BCUT2D eigenvalue weighted by Crippen LogP contribution is 2.38. The fourth-order valence-electron chi connectivity index (χ4n) is 5.33. The van der Waals surface area contributed by atoms with Crippen LogP contribution in [0.1, 0.15) is 31.8 Å². The van der Waals surface area contributed by atoms with Crippen LogP contribution < -0.4 is 24.4 Å². The number of ether oxygens (including phenoxy) is 4. The van der Waals surface area contributed by atoms with E-state index in [1.54, 1.807) is 91.0 Å². The Kier molecular flexibility index (Phi) is 9.65. The van der Waals surface area contributed by atoms with Crippen LogP contribution >= 0.6 is 0 Å². The SMILES string of the molecule is O=C(Oc1c(-c2ccc(OCc3ccccc3)cc2)oc2cc(OCc3ccccc3)cc(OC(=O)c3ccccc3)c2c1=O)c1ccccc1. The zero-order valence-electron chi connectivity index (χ0n) is 27.2. The number of fused-ring (bicyclic) bond motifs is 1. The summed E-state index contributed by atoms with van der Waals surface area (Å²) in [6, 6.07) is 45.8. The first-order valence-corrected chi connectivity index (χ1v) is 16.1. The molecule has 0 radical (unpaired) electrons. The van der Waals surface area contributed by atoms with Crippen molar-refractivity contribution in [2.75, 3.05) is 0 Å². The summed E-state index contributed by atoms with van der Waals surface area (Å²) in [4.78, 5) is 41.1. The molecule has 250 valence electrons. The van der Waals surface area contributed by atoms with Crippen molar-refractivity contribution in [3.63, 3.8) is 0 Å². The largest absolute Gasteiger partial charge is 0.489 e. The maximum absolute atomic E-state index is 14.5. The Morgan fingerprint density at radius 1 is 0.529 bits per heavy atom. The summed E-state index contributed by atoms with van der Waals surface area (Å²) in [6.45, 7) is 0.564. The van der Waals surface area contributed by atoms with Crippen LogP contribution in [0.3, 0.4) is 0 Å². The minimum Gasteiger partial charge on any atom is -0.489 e. The van der Waals surface area contributed by atoms with E-state index in [2.05, 4.69) is 0 Å². The van der Waals surface area contributed by atoms with Crippen LogP contribution in [-0.2, 0) is 13.2 Å². The number of hydrogen-bond acceptors (Lipinski definition) is 8. The van der Waals surface area contributed by atoms with Gasteiger partial charge in [-0.1, -0.05) is 97.1 Å². The third kappa shape index (κ3) is 7.71. The van der Waals surface area contributed by atoms with E-state index in [0.29, 0.717) is 17.9 Å². The molecule has 0 fully saturated rings. The van der Waals surface area contributed by atoms with E-state index in [1.807, 2.05) is 60.7 Å². The second kappa shape index (κ2) is 15.1. The van der Waals surface area contributed by atoms with Gasteiger partial charge in [0.2, 0.25) is 11.2 Å². The normalized spacial score (nSPS) is 10.7. The summed E-state index contributed by atoms with van der Waals surface area (Å²) in [6.07, 6.45) is 0. The fraction of sp³-hybridized carbons (Fsp3) is 0.0465. The van der Waals surface area contributed by atoms with Gasteiger partial charge in [-0.25, -0.2) is 9.59 Å². The second-order valence-electron chi connectivity index (χ2n) is 11.5. The number of hydrogen-bond donors (Lipinski definition) is 0. The molecule has 8 nitrogen and oxygen atoms in total. The Morgan fingerprint density at radius 2 is 1.02 bits per heavy atom. The van der Waals surface area contributed by atoms with Crippen LogP contribution in [0.25, 0.3) is 22.3 Å². The molecule has 0 N–H and O–H groups in total. The lowest BCUT2D eigenvalue weighted by atomic mass is 10.1. The molecule has 7 aromatic rings. The van der Waals surface area contributed by atoms with E-state index in [0.717, 1.165) is 11.1 Å². The fourth-order valence-corrected chi connectivity index (χ4v) is 5.33. The maximum Gasteiger partial charge on any atom is 0.343 e. The Morgan fingerprint density at radius 3 is 1.57 bits per heavy atom. The highest BCUT2D eigenvalue weighted by atomic mass is 16.5. The first kappa shape index (κ1) is 32.6. The molecule has 1 heterocycles. The van der Waals surface area contributed by atoms with Gasteiger partial charge in [0.05, 0.1) is 11.1 Å². The number of carbonyl (C=O) groups excluding carboxylic acids is 2. The molecule has 0 amide bonds. The van der Waals surface area contributed by atoms with Crippen LogP contribution in [0.15, 0.2) is 167 Å². The third-order valence-corrected chi connectivity index (χ3v) is 7.92. The number of carbonyl (C=O) groups is 2. The second-order valence-corrected chi connectivity index (χ2v) is 11.5. The van der Waals surface area contributed by atoms with E-state index < -0.39 is 17.4 Å². The highest BCUT2D eigenvalue weighted by molar-refractivity contribution is 5.97. The van der Waals surface area contributed by atoms with Crippen molar-refractivity contribution in [2.45, 2.75) is 13.2 Å². The van der Waals surface area contributed by atoms with Gasteiger partial charge < -0.3 is 23.4 Å².